The van der Waals surface area contributed by atoms with E-state index in [2.05, 4.69) is 0 Å². The zero-order valence-electron chi connectivity index (χ0n) is 12.8. The maximum Gasteiger partial charge on any atom is 0.309 e. The van der Waals surface area contributed by atoms with E-state index in [9.17, 15) is 18.3 Å². The molecule has 0 bridgehead atoms. The quantitative estimate of drug-likeness (QED) is 0.851. The van der Waals surface area contributed by atoms with E-state index >= 15 is 0 Å². The predicted molar refractivity (Wildman–Crippen MR) is 81.2 cm³/mol. The minimum Gasteiger partial charge on any atom is -0.493 e. The van der Waals surface area contributed by atoms with Gasteiger partial charge in [0, 0.05) is 0 Å². The molecule has 1 saturated heterocycles. The van der Waals surface area contributed by atoms with Gasteiger partial charge in [0.15, 0.2) is 21.3 Å². The number of hydrogen-bond donors (Lipinski definition) is 1. The number of carboxylic acids is 1. The van der Waals surface area contributed by atoms with Crippen LogP contribution in [-0.2, 0) is 21.1 Å². The lowest BCUT2D eigenvalue weighted by Crippen LogP contribution is -2.45. The molecule has 0 radical (unpaired) electrons. The van der Waals surface area contributed by atoms with Crippen molar-refractivity contribution in [2.75, 3.05) is 18.6 Å². The molecule has 0 aliphatic carbocycles. The van der Waals surface area contributed by atoms with Crippen molar-refractivity contribution in [1.29, 1.82) is 0 Å². The van der Waals surface area contributed by atoms with E-state index in [0.29, 0.717) is 17.9 Å². The number of ether oxygens (including phenoxy) is 2. The van der Waals surface area contributed by atoms with E-state index < -0.39 is 21.2 Å². The Labute approximate surface area is 130 Å². The second-order valence-corrected chi connectivity index (χ2v) is 8.32. The number of rotatable bonds is 6. The van der Waals surface area contributed by atoms with Crippen LogP contribution in [0.25, 0.3) is 0 Å². The molecule has 1 aliphatic heterocycles. The molecule has 6 nitrogen and oxygen atoms in total. The first-order chi connectivity index (χ1) is 10.1. The summed E-state index contributed by atoms with van der Waals surface area (Å²) in [5, 5.41) is 9.18. The van der Waals surface area contributed by atoms with Gasteiger partial charge in [0.2, 0.25) is 0 Å². The van der Waals surface area contributed by atoms with Crippen LogP contribution in [0.15, 0.2) is 18.2 Å². The van der Waals surface area contributed by atoms with E-state index in [1.807, 2.05) is 0 Å². The van der Waals surface area contributed by atoms with Crippen LogP contribution in [0.5, 0.6) is 11.5 Å². The minimum absolute atomic E-state index is 0.0178. The summed E-state index contributed by atoms with van der Waals surface area (Å²) in [5.74, 6) is 0.113. The third-order valence-electron chi connectivity index (χ3n) is 3.63. The van der Waals surface area contributed by atoms with E-state index in [1.165, 1.54) is 7.11 Å². The maximum absolute atomic E-state index is 11.2. The molecule has 1 heterocycles. The molecule has 1 aliphatic rings. The molecule has 1 fully saturated rings. The molecule has 1 aromatic rings. The fourth-order valence-electron chi connectivity index (χ4n) is 2.27. The molecular weight excluding hydrogens is 308 g/mol. The van der Waals surface area contributed by atoms with Crippen LogP contribution in [0.1, 0.15) is 19.4 Å². The molecular formula is C15H20O6S. The largest absolute Gasteiger partial charge is 0.493 e. The van der Waals surface area contributed by atoms with Gasteiger partial charge in [-0.3, -0.25) is 4.79 Å². The van der Waals surface area contributed by atoms with Crippen molar-refractivity contribution >= 4 is 15.8 Å². The molecule has 0 atom stereocenters. The van der Waals surface area contributed by atoms with Gasteiger partial charge in [-0.05, 0) is 38.0 Å². The number of carboxylic acid groups (broad SMARTS) is 1. The van der Waals surface area contributed by atoms with Gasteiger partial charge in [0.05, 0.1) is 24.0 Å². The summed E-state index contributed by atoms with van der Waals surface area (Å²) < 4.78 is 33.2. The maximum atomic E-state index is 11.2. The van der Waals surface area contributed by atoms with E-state index in [4.69, 9.17) is 9.47 Å². The van der Waals surface area contributed by atoms with Crippen molar-refractivity contribution in [3.8, 4) is 11.5 Å². The molecule has 0 amide bonds. The molecule has 22 heavy (non-hydrogen) atoms. The van der Waals surface area contributed by atoms with Crippen LogP contribution >= 0.6 is 0 Å². The van der Waals surface area contributed by atoms with Gasteiger partial charge in [0.25, 0.3) is 0 Å². The summed E-state index contributed by atoms with van der Waals surface area (Å²) in [5.41, 5.74) is -0.0621. The van der Waals surface area contributed by atoms with Gasteiger partial charge >= 0.3 is 5.97 Å². The van der Waals surface area contributed by atoms with Crippen molar-refractivity contribution in [2.24, 2.45) is 5.41 Å². The predicted octanol–water partition coefficient (Wildman–Crippen LogP) is 1.52. The summed E-state index contributed by atoms with van der Waals surface area (Å²) in [7, 11) is -1.45. The van der Waals surface area contributed by atoms with Crippen molar-refractivity contribution in [1.82, 2.24) is 0 Å². The lowest BCUT2D eigenvalue weighted by atomic mass is 9.86. The first-order valence-electron chi connectivity index (χ1n) is 6.90. The normalized spacial score (nSPS) is 17.6. The number of benzene rings is 1. The second kappa shape index (κ2) is 5.79. The molecule has 0 unspecified atom stereocenters. The zero-order valence-corrected chi connectivity index (χ0v) is 13.6. The number of carbonyl (C=O) groups is 1. The van der Waals surface area contributed by atoms with Crippen LogP contribution in [0.2, 0.25) is 0 Å². The van der Waals surface area contributed by atoms with Crippen LogP contribution in [-0.4, -0.2) is 44.2 Å². The van der Waals surface area contributed by atoms with Crippen LogP contribution in [0.3, 0.4) is 0 Å². The summed E-state index contributed by atoms with van der Waals surface area (Å²) in [6.07, 6.45) is 0.0109. The number of sulfone groups is 1. The van der Waals surface area contributed by atoms with Gasteiger partial charge in [-0.15, -0.1) is 0 Å². The Morgan fingerprint density at radius 3 is 2.45 bits per heavy atom. The Kier molecular flexibility index (Phi) is 4.37. The van der Waals surface area contributed by atoms with E-state index in [0.717, 1.165) is 5.56 Å². The van der Waals surface area contributed by atoms with Crippen LogP contribution in [0.4, 0.5) is 0 Å². The molecule has 0 aromatic heterocycles. The van der Waals surface area contributed by atoms with Gasteiger partial charge in [-0.25, -0.2) is 8.42 Å². The lowest BCUT2D eigenvalue weighted by molar-refractivity contribution is -0.146. The highest BCUT2D eigenvalue weighted by Gasteiger charge is 2.35. The standard InChI is InChI=1S/C15H20O6S/c1-15(2,14(16)17)7-10-4-5-12(13(6-10)20-3)21-11-8-22(18,19)9-11/h4-6,11H,7-9H2,1-3H3,(H,16,17). The average molecular weight is 328 g/mol. The highest BCUT2D eigenvalue weighted by Crippen LogP contribution is 2.33. The Bertz CT molecular complexity index is 665. The molecule has 2 rings (SSSR count). The average Bonchev–Trinajstić information content (AvgIpc) is 2.37. The van der Waals surface area contributed by atoms with Crippen LogP contribution < -0.4 is 9.47 Å². The molecule has 1 aromatic carbocycles. The van der Waals surface area contributed by atoms with Crippen molar-refractivity contribution in [3.63, 3.8) is 0 Å². The number of methoxy groups -OCH3 is 1. The smallest absolute Gasteiger partial charge is 0.309 e. The fraction of sp³-hybridized carbons (Fsp3) is 0.533. The summed E-state index contributed by atoms with van der Waals surface area (Å²) >= 11 is 0. The third kappa shape index (κ3) is 3.71. The van der Waals surface area contributed by atoms with Crippen LogP contribution in [0, 0.1) is 5.41 Å². The van der Waals surface area contributed by atoms with Gasteiger partial charge in [-0.1, -0.05) is 6.07 Å². The first kappa shape index (κ1) is 16.6. The number of hydrogen-bond acceptors (Lipinski definition) is 5. The molecule has 7 heteroatoms. The Hall–Kier alpha value is -1.76. The van der Waals surface area contributed by atoms with Gasteiger partial charge in [-0.2, -0.15) is 0 Å². The summed E-state index contributed by atoms with van der Waals surface area (Å²) in [4.78, 5) is 11.2. The topological polar surface area (TPSA) is 89.9 Å². The number of aliphatic carboxylic acids is 1. The SMILES string of the molecule is COc1cc(CC(C)(C)C(=O)O)ccc1OC1CS(=O)(=O)C1. The zero-order chi connectivity index (χ0) is 16.5. The van der Waals surface area contributed by atoms with Gasteiger partial charge < -0.3 is 14.6 Å². The monoisotopic (exact) mass is 328 g/mol. The molecule has 122 valence electrons. The van der Waals surface area contributed by atoms with Crippen molar-refractivity contribution in [2.45, 2.75) is 26.4 Å². The van der Waals surface area contributed by atoms with Crippen molar-refractivity contribution in [3.05, 3.63) is 23.8 Å². The highest BCUT2D eigenvalue weighted by atomic mass is 32.2. The summed E-state index contributed by atoms with van der Waals surface area (Å²) in [6.45, 7) is 3.32. The van der Waals surface area contributed by atoms with Gasteiger partial charge in [0.1, 0.15) is 6.10 Å². The molecule has 0 saturated carbocycles. The van der Waals surface area contributed by atoms with E-state index in [-0.39, 0.29) is 17.6 Å². The third-order valence-corrected chi connectivity index (χ3v) is 5.39. The fourth-order valence-corrected chi connectivity index (χ4v) is 3.44. The summed E-state index contributed by atoms with van der Waals surface area (Å²) in [6, 6.07) is 5.19. The minimum atomic E-state index is -2.94. The second-order valence-electron chi connectivity index (χ2n) is 6.17. The molecule has 1 N–H and O–H groups in total. The lowest BCUT2D eigenvalue weighted by Gasteiger charge is -2.27. The first-order valence-corrected chi connectivity index (χ1v) is 8.72. The Morgan fingerprint density at radius 2 is 1.95 bits per heavy atom. The molecule has 0 spiro atoms. The van der Waals surface area contributed by atoms with E-state index in [1.54, 1.807) is 32.0 Å². The Morgan fingerprint density at radius 1 is 1.32 bits per heavy atom. The Balaban J connectivity index is 2.12. The van der Waals surface area contributed by atoms with Crippen molar-refractivity contribution < 1.29 is 27.8 Å². The highest BCUT2D eigenvalue weighted by molar-refractivity contribution is 7.92.